The van der Waals surface area contributed by atoms with E-state index in [1.165, 1.54) is 6.33 Å². The van der Waals surface area contributed by atoms with Crippen LogP contribution >= 0.6 is 0 Å². The molecule has 2 N–H and O–H groups in total. The highest BCUT2D eigenvalue weighted by Gasteiger charge is 1.59. The van der Waals surface area contributed by atoms with Crippen LogP contribution in [0.2, 0.25) is 0 Å². The molecule has 0 aliphatic carbocycles. The molecule has 9 heavy (non-hydrogen) atoms. The van der Waals surface area contributed by atoms with Gasteiger partial charge in [-0.3, -0.25) is 0 Å². The van der Waals surface area contributed by atoms with Crippen LogP contribution in [0.3, 0.4) is 0 Å². The van der Waals surface area contributed by atoms with Crippen molar-refractivity contribution >= 4 is 7.69 Å². The molecule has 48 valence electrons. The molecule has 0 spiro atoms. The highest BCUT2D eigenvalue weighted by Crippen LogP contribution is 1.66. The average Bonchev–Trinajstić information content (AvgIpc) is 1.93. The maximum absolute atomic E-state index is 7.12. The molecule has 0 unspecified atom stereocenters. The Bertz CT molecular complexity index is 99.4. The summed E-state index contributed by atoms with van der Waals surface area (Å²) in [4.78, 5) is 7.35. The zero-order valence-electron chi connectivity index (χ0n) is 4.81. The molecule has 0 radical (unpaired) electrons. The van der Waals surface area contributed by atoms with Crippen molar-refractivity contribution in [1.82, 2.24) is 9.97 Å². The lowest BCUT2D eigenvalue weighted by atomic mass is 10.5. The van der Waals surface area contributed by atoms with Crippen LogP contribution in [0.4, 0.5) is 0 Å². The Labute approximate surface area is 53.5 Å². The molecule has 1 rings (SSSR count). The van der Waals surface area contributed by atoms with Gasteiger partial charge in [0.25, 0.3) is 0 Å². The van der Waals surface area contributed by atoms with Crippen molar-refractivity contribution in [3.8, 4) is 0 Å². The summed E-state index contributed by atoms with van der Waals surface area (Å²) >= 11 is 0. The molecule has 0 atom stereocenters. The zero-order valence-corrected chi connectivity index (χ0v) is 4.81. The minimum absolute atomic E-state index is 0.750. The van der Waals surface area contributed by atoms with E-state index in [2.05, 4.69) is 9.97 Å². The van der Waals surface area contributed by atoms with E-state index < -0.39 is 7.69 Å². The molecule has 0 bridgehead atoms. The minimum Gasteiger partial charge on any atom is -0.430 e. The molecular formula is C4H7BN2O2. The number of nitrogens with zero attached hydrogens (tertiary/aromatic N) is 2. The van der Waals surface area contributed by atoms with E-state index in [1.807, 2.05) is 0 Å². The minimum atomic E-state index is -0.750. The van der Waals surface area contributed by atoms with Crippen LogP contribution in [0.1, 0.15) is 0 Å². The van der Waals surface area contributed by atoms with Crippen LogP contribution in [-0.4, -0.2) is 27.7 Å². The fourth-order valence-electron chi connectivity index (χ4n) is 0.253. The van der Waals surface area contributed by atoms with E-state index in [4.69, 9.17) is 10.0 Å². The topological polar surface area (TPSA) is 66.2 Å². The van der Waals surface area contributed by atoms with Gasteiger partial charge in [-0.25, -0.2) is 9.97 Å². The number of aromatic nitrogens is 2. The molecular weight excluding hydrogens is 119 g/mol. The van der Waals surface area contributed by atoms with E-state index in [0.29, 0.717) is 0 Å². The summed E-state index contributed by atoms with van der Waals surface area (Å²) in [5.41, 5.74) is 0. The lowest BCUT2D eigenvalue weighted by molar-refractivity contribution is 0.448. The third-order valence-corrected chi connectivity index (χ3v) is 0.478. The van der Waals surface area contributed by atoms with E-state index >= 15 is 0 Å². The van der Waals surface area contributed by atoms with Crippen LogP contribution in [0.15, 0.2) is 24.8 Å². The molecule has 1 aromatic heterocycles. The van der Waals surface area contributed by atoms with Gasteiger partial charge in [0.2, 0.25) is 0 Å². The van der Waals surface area contributed by atoms with Gasteiger partial charge in [0, 0.05) is 12.4 Å². The number of hydrogen-bond donors (Lipinski definition) is 2. The van der Waals surface area contributed by atoms with Gasteiger partial charge in [0.15, 0.2) is 0 Å². The lowest BCUT2D eigenvalue weighted by Crippen LogP contribution is -1.75. The Balaban J connectivity index is 0.000000187. The van der Waals surface area contributed by atoms with Gasteiger partial charge in [0.1, 0.15) is 6.33 Å². The maximum atomic E-state index is 7.12. The predicted molar refractivity (Wildman–Crippen MR) is 33.6 cm³/mol. The quantitative estimate of drug-likeness (QED) is 0.424. The maximum Gasteiger partial charge on any atom is 0.432 e. The summed E-state index contributed by atoms with van der Waals surface area (Å²) in [5, 5.41) is 14.2. The van der Waals surface area contributed by atoms with Gasteiger partial charge in [-0.2, -0.15) is 0 Å². The second kappa shape index (κ2) is 7.06. The van der Waals surface area contributed by atoms with E-state index in [0.717, 1.165) is 0 Å². The van der Waals surface area contributed by atoms with Crippen molar-refractivity contribution in [3.05, 3.63) is 24.8 Å². The van der Waals surface area contributed by atoms with Crippen molar-refractivity contribution in [2.24, 2.45) is 0 Å². The van der Waals surface area contributed by atoms with Gasteiger partial charge in [0.05, 0.1) is 0 Å². The van der Waals surface area contributed by atoms with Crippen molar-refractivity contribution in [2.45, 2.75) is 0 Å². The normalized spacial score (nSPS) is 6.89. The van der Waals surface area contributed by atoms with Gasteiger partial charge in [-0.15, -0.1) is 0 Å². The Morgan fingerprint density at radius 3 is 1.67 bits per heavy atom. The SMILES string of the molecule is OBO.c1cncnc1. The van der Waals surface area contributed by atoms with Crippen molar-refractivity contribution in [3.63, 3.8) is 0 Å². The lowest BCUT2D eigenvalue weighted by Gasteiger charge is -1.70. The first-order valence-corrected chi connectivity index (χ1v) is 2.33. The highest BCUT2D eigenvalue weighted by atomic mass is 16.4. The molecule has 0 aromatic carbocycles. The Hall–Kier alpha value is -0.935. The Morgan fingerprint density at radius 2 is 1.56 bits per heavy atom. The van der Waals surface area contributed by atoms with Crippen molar-refractivity contribution in [1.29, 1.82) is 0 Å². The van der Waals surface area contributed by atoms with Gasteiger partial charge in [-0.1, -0.05) is 0 Å². The molecule has 1 aromatic rings. The second-order valence-corrected chi connectivity index (χ2v) is 1.05. The van der Waals surface area contributed by atoms with E-state index in [1.54, 1.807) is 18.5 Å². The number of rotatable bonds is 0. The molecule has 1 heterocycles. The third kappa shape index (κ3) is 7.06. The molecule has 0 saturated heterocycles. The van der Waals surface area contributed by atoms with Crippen LogP contribution in [0.25, 0.3) is 0 Å². The summed E-state index contributed by atoms with van der Waals surface area (Å²) < 4.78 is 0. The van der Waals surface area contributed by atoms with Gasteiger partial charge in [-0.05, 0) is 6.07 Å². The summed E-state index contributed by atoms with van der Waals surface area (Å²) in [5.74, 6) is 0. The first kappa shape index (κ1) is 8.06. The van der Waals surface area contributed by atoms with Crippen LogP contribution in [-0.2, 0) is 0 Å². The summed E-state index contributed by atoms with van der Waals surface area (Å²) in [6, 6.07) is 1.78. The predicted octanol–water partition coefficient (Wildman–Crippen LogP) is -1.29. The molecule has 0 saturated carbocycles. The summed E-state index contributed by atoms with van der Waals surface area (Å²) in [6.45, 7) is 0. The van der Waals surface area contributed by atoms with E-state index in [-0.39, 0.29) is 0 Å². The first-order chi connectivity index (χ1) is 4.41. The smallest absolute Gasteiger partial charge is 0.430 e. The summed E-state index contributed by atoms with van der Waals surface area (Å²) in [7, 11) is -0.750. The Kier molecular flexibility index (Phi) is 6.33. The molecule has 0 amide bonds. The second-order valence-electron chi connectivity index (χ2n) is 1.05. The summed E-state index contributed by atoms with van der Waals surface area (Å²) in [6.07, 6.45) is 4.88. The van der Waals surface area contributed by atoms with Crippen LogP contribution in [0, 0.1) is 0 Å². The van der Waals surface area contributed by atoms with Gasteiger partial charge < -0.3 is 10.0 Å². The molecule has 0 aliphatic rings. The Morgan fingerprint density at radius 1 is 1.11 bits per heavy atom. The molecule has 0 fully saturated rings. The van der Waals surface area contributed by atoms with Crippen molar-refractivity contribution in [2.75, 3.05) is 0 Å². The molecule has 0 aliphatic heterocycles. The average molecular weight is 126 g/mol. The largest absolute Gasteiger partial charge is 0.432 e. The van der Waals surface area contributed by atoms with Crippen LogP contribution < -0.4 is 0 Å². The molecule has 4 nitrogen and oxygen atoms in total. The first-order valence-electron chi connectivity index (χ1n) is 2.33. The monoisotopic (exact) mass is 126 g/mol. The van der Waals surface area contributed by atoms with Crippen molar-refractivity contribution < 1.29 is 10.0 Å². The number of hydrogen-bond acceptors (Lipinski definition) is 4. The molecule has 5 heteroatoms. The van der Waals surface area contributed by atoms with E-state index in [9.17, 15) is 0 Å². The highest BCUT2D eigenvalue weighted by molar-refractivity contribution is 6.13. The fraction of sp³-hybridized carbons (Fsp3) is 0. The third-order valence-electron chi connectivity index (χ3n) is 0.478. The van der Waals surface area contributed by atoms with Gasteiger partial charge >= 0.3 is 7.69 Å². The van der Waals surface area contributed by atoms with Crippen LogP contribution in [0.5, 0.6) is 0 Å². The standard InChI is InChI=1S/C4H4N2.BH3O2/c1-2-5-4-6-3-1;2-1-3/h1-4H;1-3H. The zero-order chi connectivity index (χ0) is 6.95. The fourth-order valence-corrected chi connectivity index (χ4v) is 0.253.